The Morgan fingerprint density at radius 1 is 1.68 bits per heavy atom. The van der Waals surface area contributed by atoms with Crippen molar-refractivity contribution in [2.75, 3.05) is 6.54 Å². The van der Waals surface area contributed by atoms with Crippen molar-refractivity contribution in [1.29, 1.82) is 0 Å². The molecular weight excluding hydrogens is 248 g/mol. The van der Waals surface area contributed by atoms with Crippen molar-refractivity contribution < 1.29 is 9.72 Å². The van der Waals surface area contributed by atoms with Gasteiger partial charge in [-0.15, -0.1) is 0 Å². The van der Waals surface area contributed by atoms with Gasteiger partial charge in [-0.05, 0) is 19.3 Å². The van der Waals surface area contributed by atoms with Crippen LogP contribution in [0.2, 0.25) is 0 Å². The number of carbonyl (C=O) groups is 1. The quantitative estimate of drug-likeness (QED) is 0.596. The Morgan fingerprint density at radius 3 is 2.89 bits per heavy atom. The van der Waals surface area contributed by atoms with Crippen LogP contribution in [0, 0.1) is 10.1 Å². The number of nitrogens with one attached hydrogen (secondary N) is 1. The Hall–Kier alpha value is -1.89. The van der Waals surface area contributed by atoms with Gasteiger partial charge in [0.2, 0.25) is 0 Å². The smallest absolute Gasteiger partial charge is 0.287 e. The molecule has 0 radical (unpaired) electrons. The molecule has 1 aromatic rings. The number of amides is 1. The van der Waals surface area contributed by atoms with Gasteiger partial charge in [0.25, 0.3) is 11.6 Å². The third-order valence-corrected chi connectivity index (χ3v) is 3.27. The van der Waals surface area contributed by atoms with Gasteiger partial charge in [0, 0.05) is 24.7 Å². The molecular formula is C12H18N4O3. The molecule has 19 heavy (non-hydrogen) atoms. The predicted molar refractivity (Wildman–Crippen MR) is 70.0 cm³/mol. The van der Waals surface area contributed by atoms with E-state index in [2.05, 4.69) is 5.32 Å². The molecule has 1 aliphatic carbocycles. The molecule has 0 saturated heterocycles. The molecule has 1 fully saturated rings. The summed E-state index contributed by atoms with van der Waals surface area (Å²) in [7, 11) is 0. The lowest BCUT2D eigenvalue weighted by Crippen LogP contribution is -2.37. The third kappa shape index (κ3) is 3.11. The van der Waals surface area contributed by atoms with Gasteiger partial charge in [-0.25, -0.2) is 0 Å². The molecule has 1 amide bonds. The SMILES string of the molecule is CCC(N)CNC(=O)c1cc([N+](=O)[O-])cn1C1CC1. The molecule has 1 heterocycles. The van der Waals surface area contributed by atoms with Gasteiger partial charge in [-0.2, -0.15) is 0 Å². The van der Waals surface area contributed by atoms with E-state index in [0.29, 0.717) is 12.2 Å². The van der Waals surface area contributed by atoms with Crippen LogP contribution >= 0.6 is 0 Å². The molecule has 0 spiro atoms. The van der Waals surface area contributed by atoms with Crippen molar-refractivity contribution in [1.82, 2.24) is 9.88 Å². The van der Waals surface area contributed by atoms with Crippen molar-refractivity contribution in [2.45, 2.75) is 38.3 Å². The predicted octanol–water partition coefficient (Wildman–Crippen LogP) is 1.20. The highest BCUT2D eigenvalue weighted by Gasteiger charge is 2.30. The highest BCUT2D eigenvalue weighted by molar-refractivity contribution is 5.93. The Kier molecular flexibility index (Phi) is 3.84. The number of carbonyl (C=O) groups excluding carboxylic acids is 1. The monoisotopic (exact) mass is 266 g/mol. The van der Waals surface area contributed by atoms with E-state index in [9.17, 15) is 14.9 Å². The van der Waals surface area contributed by atoms with Gasteiger partial charge in [0.1, 0.15) is 5.69 Å². The summed E-state index contributed by atoms with van der Waals surface area (Å²) in [5, 5.41) is 13.5. The fourth-order valence-corrected chi connectivity index (χ4v) is 1.86. The number of nitrogens with zero attached hydrogens (tertiary/aromatic N) is 2. The summed E-state index contributed by atoms with van der Waals surface area (Å²) >= 11 is 0. The van der Waals surface area contributed by atoms with Gasteiger partial charge >= 0.3 is 0 Å². The van der Waals surface area contributed by atoms with Crippen molar-refractivity contribution in [3.05, 3.63) is 28.1 Å². The minimum absolute atomic E-state index is 0.0446. The zero-order chi connectivity index (χ0) is 14.0. The lowest BCUT2D eigenvalue weighted by molar-refractivity contribution is -0.384. The minimum atomic E-state index is -0.479. The molecule has 0 bridgehead atoms. The van der Waals surface area contributed by atoms with Crippen molar-refractivity contribution in [2.24, 2.45) is 5.73 Å². The molecule has 1 aromatic heterocycles. The second kappa shape index (κ2) is 5.40. The summed E-state index contributed by atoms with van der Waals surface area (Å²) < 4.78 is 1.70. The van der Waals surface area contributed by atoms with E-state index in [0.717, 1.165) is 19.3 Å². The Morgan fingerprint density at radius 2 is 2.37 bits per heavy atom. The molecule has 7 heteroatoms. The van der Waals surface area contributed by atoms with E-state index in [1.807, 2.05) is 6.92 Å². The first kappa shape index (κ1) is 13.5. The average molecular weight is 266 g/mol. The topological polar surface area (TPSA) is 103 Å². The van der Waals surface area contributed by atoms with Crippen LogP contribution in [0.5, 0.6) is 0 Å². The lowest BCUT2D eigenvalue weighted by atomic mass is 10.2. The second-order valence-corrected chi connectivity index (χ2v) is 4.86. The molecule has 1 saturated carbocycles. The standard InChI is InChI=1S/C12H18N4O3/c1-2-8(13)6-14-12(17)11-5-10(16(18)19)7-15(11)9-3-4-9/h5,7-9H,2-4,6,13H2,1H3,(H,14,17). The summed E-state index contributed by atoms with van der Waals surface area (Å²) in [5.41, 5.74) is 6.03. The second-order valence-electron chi connectivity index (χ2n) is 4.86. The Balaban J connectivity index is 2.13. The molecule has 0 aromatic carbocycles. The maximum Gasteiger partial charge on any atom is 0.287 e. The number of nitrogens with two attached hydrogens (primary N) is 1. The van der Waals surface area contributed by atoms with Crippen LogP contribution in [-0.4, -0.2) is 28.0 Å². The third-order valence-electron chi connectivity index (χ3n) is 3.27. The molecule has 2 rings (SSSR count). The fourth-order valence-electron chi connectivity index (χ4n) is 1.86. The zero-order valence-electron chi connectivity index (χ0n) is 10.8. The molecule has 0 aliphatic heterocycles. The van der Waals surface area contributed by atoms with E-state index >= 15 is 0 Å². The van der Waals surface area contributed by atoms with Crippen LogP contribution in [0.4, 0.5) is 5.69 Å². The summed E-state index contributed by atoms with van der Waals surface area (Å²) in [5.74, 6) is -0.302. The number of aromatic nitrogens is 1. The summed E-state index contributed by atoms with van der Waals surface area (Å²) in [4.78, 5) is 22.4. The summed E-state index contributed by atoms with van der Waals surface area (Å²) in [6.07, 6.45) is 4.12. The Labute approximate surface area is 110 Å². The molecule has 1 atom stereocenters. The average Bonchev–Trinajstić information content (AvgIpc) is 3.13. The molecule has 3 N–H and O–H groups in total. The van der Waals surface area contributed by atoms with Gasteiger partial charge in [0.05, 0.1) is 11.1 Å². The highest BCUT2D eigenvalue weighted by atomic mass is 16.6. The number of nitro groups is 1. The molecule has 7 nitrogen and oxygen atoms in total. The summed E-state index contributed by atoms with van der Waals surface area (Å²) in [6, 6.07) is 1.45. The first-order valence-electron chi connectivity index (χ1n) is 6.43. The van der Waals surface area contributed by atoms with Gasteiger partial charge in [-0.1, -0.05) is 6.92 Å². The van der Waals surface area contributed by atoms with Crippen LogP contribution in [0.15, 0.2) is 12.3 Å². The van der Waals surface area contributed by atoms with Gasteiger partial charge in [0.15, 0.2) is 0 Å². The lowest BCUT2D eigenvalue weighted by Gasteiger charge is -2.11. The van der Waals surface area contributed by atoms with Crippen LogP contribution in [-0.2, 0) is 0 Å². The summed E-state index contributed by atoms with van der Waals surface area (Å²) in [6.45, 7) is 2.31. The normalized spacial score (nSPS) is 16.1. The van der Waals surface area contributed by atoms with Crippen molar-refractivity contribution in [3.63, 3.8) is 0 Å². The minimum Gasteiger partial charge on any atom is -0.349 e. The Bertz CT molecular complexity index is 493. The van der Waals surface area contributed by atoms with Crippen molar-refractivity contribution >= 4 is 11.6 Å². The van der Waals surface area contributed by atoms with Crippen LogP contribution in [0.25, 0.3) is 0 Å². The van der Waals surface area contributed by atoms with Crippen molar-refractivity contribution in [3.8, 4) is 0 Å². The molecule has 1 unspecified atom stereocenters. The van der Waals surface area contributed by atoms with Crippen LogP contribution in [0.3, 0.4) is 0 Å². The zero-order valence-corrected chi connectivity index (χ0v) is 10.8. The van der Waals surface area contributed by atoms with E-state index < -0.39 is 4.92 Å². The van der Waals surface area contributed by atoms with Crippen LogP contribution < -0.4 is 11.1 Å². The highest BCUT2D eigenvalue weighted by Crippen LogP contribution is 2.37. The van der Waals surface area contributed by atoms with E-state index in [1.165, 1.54) is 12.3 Å². The van der Waals surface area contributed by atoms with E-state index in [1.54, 1.807) is 4.57 Å². The fraction of sp³-hybridized carbons (Fsp3) is 0.583. The van der Waals surface area contributed by atoms with Gasteiger partial charge in [-0.3, -0.25) is 14.9 Å². The number of hydrogen-bond donors (Lipinski definition) is 2. The first-order valence-corrected chi connectivity index (χ1v) is 6.43. The maximum absolute atomic E-state index is 12.0. The maximum atomic E-state index is 12.0. The first-order chi connectivity index (χ1) is 9.02. The van der Waals surface area contributed by atoms with E-state index in [-0.39, 0.29) is 23.7 Å². The molecule has 104 valence electrons. The van der Waals surface area contributed by atoms with Crippen LogP contribution in [0.1, 0.15) is 42.7 Å². The molecule has 1 aliphatic rings. The van der Waals surface area contributed by atoms with E-state index in [4.69, 9.17) is 5.73 Å². The van der Waals surface area contributed by atoms with Gasteiger partial charge < -0.3 is 15.6 Å². The largest absolute Gasteiger partial charge is 0.349 e. The number of hydrogen-bond acceptors (Lipinski definition) is 4. The number of rotatable bonds is 6.